The van der Waals surface area contributed by atoms with Crippen molar-refractivity contribution in [2.75, 3.05) is 39.1 Å². The zero-order chi connectivity index (χ0) is 21.1. The molecule has 7 heteroatoms. The minimum absolute atomic E-state index is 0.00785. The smallest absolute Gasteiger partial charge is 0.196 e. The minimum Gasteiger partial charge on any atom is -0.395 e. The highest BCUT2D eigenvalue weighted by Crippen LogP contribution is 2.41. The Balaban J connectivity index is 1.76. The van der Waals surface area contributed by atoms with E-state index in [0.29, 0.717) is 30.5 Å². The molecule has 154 valence electrons. The third-order valence-corrected chi connectivity index (χ3v) is 5.15. The van der Waals surface area contributed by atoms with Gasteiger partial charge in [0.25, 0.3) is 0 Å². The SMILES string of the molecule is CN(C)CCn1nc2c3c(c(NCCC#CCCO)ccc31)C(=O)c1ccncc1-2. The van der Waals surface area contributed by atoms with E-state index in [2.05, 4.69) is 27.0 Å². The molecule has 0 unspecified atom stereocenters. The van der Waals surface area contributed by atoms with Crippen molar-refractivity contribution < 1.29 is 9.90 Å². The molecule has 2 aromatic heterocycles. The van der Waals surface area contributed by atoms with Crippen molar-refractivity contribution in [1.29, 1.82) is 0 Å². The number of likely N-dealkylation sites (N-methyl/N-ethyl adjacent to an activating group) is 1. The molecule has 2 heterocycles. The summed E-state index contributed by atoms with van der Waals surface area (Å²) in [6, 6.07) is 5.75. The van der Waals surface area contributed by atoms with Gasteiger partial charge in [-0.25, -0.2) is 0 Å². The first-order chi connectivity index (χ1) is 14.6. The highest BCUT2D eigenvalue weighted by atomic mass is 16.2. The third kappa shape index (κ3) is 3.67. The second kappa shape index (κ2) is 8.66. The Morgan fingerprint density at radius 2 is 2.00 bits per heavy atom. The van der Waals surface area contributed by atoms with Crippen LogP contribution in [0.1, 0.15) is 28.8 Å². The second-order valence-electron chi connectivity index (χ2n) is 7.51. The van der Waals surface area contributed by atoms with Gasteiger partial charge in [-0.2, -0.15) is 5.10 Å². The Labute approximate surface area is 175 Å². The van der Waals surface area contributed by atoms with Crippen LogP contribution in [0.5, 0.6) is 0 Å². The van der Waals surface area contributed by atoms with Gasteiger partial charge in [0.05, 0.1) is 24.2 Å². The van der Waals surface area contributed by atoms with E-state index in [9.17, 15) is 4.79 Å². The maximum absolute atomic E-state index is 13.4. The molecular weight excluding hydrogens is 378 g/mol. The summed E-state index contributed by atoms with van der Waals surface area (Å²) in [6.45, 7) is 2.29. The number of carbonyl (C=O) groups is 1. The molecule has 1 aliphatic carbocycles. The maximum atomic E-state index is 13.4. The van der Waals surface area contributed by atoms with Crippen LogP contribution in [0.25, 0.3) is 22.2 Å². The standard InChI is InChI=1S/C23H25N5O2/c1-27(2)12-13-28-19-8-7-18(25-10-5-3-4-6-14-29)20-21(19)22(26-28)17-15-24-11-9-16(17)23(20)30/h7-9,11,15,25,29H,5-6,10,12-14H2,1-2H3. The number of hydrogen-bond acceptors (Lipinski definition) is 6. The Morgan fingerprint density at radius 1 is 1.17 bits per heavy atom. The van der Waals surface area contributed by atoms with E-state index in [0.717, 1.165) is 40.9 Å². The number of nitrogens with zero attached hydrogens (tertiary/aromatic N) is 4. The Kier molecular flexibility index (Phi) is 5.79. The van der Waals surface area contributed by atoms with E-state index in [1.807, 2.05) is 30.9 Å². The summed E-state index contributed by atoms with van der Waals surface area (Å²) >= 11 is 0. The molecule has 0 saturated heterocycles. The van der Waals surface area contributed by atoms with Crippen LogP contribution in [0.3, 0.4) is 0 Å². The predicted octanol–water partition coefficient (Wildman–Crippen LogP) is 2.39. The highest BCUT2D eigenvalue weighted by Gasteiger charge is 2.31. The Bertz CT molecular complexity index is 1150. The van der Waals surface area contributed by atoms with E-state index in [1.165, 1.54) is 0 Å². The van der Waals surface area contributed by atoms with Crippen molar-refractivity contribution in [3.8, 4) is 23.1 Å². The van der Waals surface area contributed by atoms with Crippen molar-refractivity contribution in [3.05, 3.63) is 41.7 Å². The fourth-order valence-electron chi connectivity index (χ4n) is 3.72. The van der Waals surface area contributed by atoms with Crippen LogP contribution in [0, 0.1) is 11.8 Å². The number of rotatable bonds is 7. The largest absolute Gasteiger partial charge is 0.395 e. The molecular formula is C23H25N5O2. The van der Waals surface area contributed by atoms with Crippen LogP contribution in [-0.4, -0.2) is 64.3 Å². The van der Waals surface area contributed by atoms with Gasteiger partial charge >= 0.3 is 0 Å². The average molecular weight is 403 g/mol. The van der Waals surface area contributed by atoms with Crippen molar-refractivity contribution >= 4 is 22.4 Å². The number of hydrogen-bond donors (Lipinski definition) is 2. The van der Waals surface area contributed by atoms with E-state index < -0.39 is 0 Å². The summed E-state index contributed by atoms with van der Waals surface area (Å²) in [5, 5.41) is 17.9. The van der Waals surface area contributed by atoms with Gasteiger partial charge in [0.15, 0.2) is 5.78 Å². The van der Waals surface area contributed by atoms with E-state index >= 15 is 0 Å². The summed E-state index contributed by atoms with van der Waals surface area (Å²) in [5.41, 5.74) is 4.66. The summed E-state index contributed by atoms with van der Waals surface area (Å²) in [6.07, 6.45) is 4.50. The first-order valence-corrected chi connectivity index (χ1v) is 10.1. The van der Waals surface area contributed by atoms with Crippen molar-refractivity contribution in [2.45, 2.75) is 19.4 Å². The van der Waals surface area contributed by atoms with Crippen LogP contribution in [-0.2, 0) is 6.54 Å². The number of ketones is 1. The number of nitrogens with one attached hydrogen (secondary N) is 1. The molecule has 0 saturated carbocycles. The van der Waals surface area contributed by atoms with E-state index in [1.54, 1.807) is 18.5 Å². The first kappa shape index (κ1) is 20.1. The number of aliphatic hydroxyl groups is 1. The summed E-state index contributed by atoms with van der Waals surface area (Å²) in [5.74, 6) is 5.94. The lowest BCUT2D eigenvalue weighted by Crippen LogP contribution is -2.19. The Morgan fingerprint density at radius 3 is 2.80 bits per heavy atom. The van der Waals surface area contributed by atoms with Crippen molar-refractivity contribution in [2.24, 2.45) is 0 Å². The van der Waals surface area contributed by atoms with Gasteiger partial charge in [0.2, 0.25) is 0 Å². The zero-order valence-electron chi connectivity index (χ0n) is 17.3. The normalized spacial score (nSPS) is 12.1. The van der Waals surface area contributed by atoms with Gasteiger partial charge in [-0.15, -0.1) is 11.8 Å². The molecule has 0 spiro atoms. The molecule has 0 aliphatic heterocycles. The van der Waals surface area contributed by atoms with Crippen LogP contribution < -0.4 is 5.32 Å². The number of fused-ring (bicyclic) bond motifs is 2. The van der Waals surface area contributed by atoms with Crippen molar-refractivity contribution in [3.63, 3.8) is 0 Å². The van der Waals surface area contributed by atoms with Gasteiger partial charge < -0.3 is 15.3 Å². The number of aliphatic hydroxyl groups excluding tert-OH is 1. The van der Waals surface area contributed by atoms with Gasteiger partial charge in [-0.3, -0.25) is 14.5 Å². The Hall–Kier alpha value is -3.21. The molecule has 0 atom stereocenters. The fourth-order valence-corrected chi connectivity index (χ4v) is 3.72. The van der Waals surface area contributed by atoms with E-state index in [-0.39, 0.29) is 12.4 Å². The van der Waals surface area contributed by atoms with Crippen LogP contribution in [0.4, 0.5) is 5.69 Å². The lowest BCUT2D eigenvalue weighted by molar-refractivity contribution is 0.104. The van der Waals surface area contributed by atoms with Gasteiger partial charge in [-0.05, 0) is 32.3 Å². The predicted molar refractivity (Wildman–Crippen MR) is 118 cm³/mol. The third-order valence-electron chi connectivity index (χ3n) is 5.15. The molecule has 4 rings (SSSR count). The maximum Gasteiger partial charge on any atom is 0.196 e. The minimum atomic E-state index is -0.00785. The summed E-state index contributed by atoms with van der Waals surface area (Å²) < 4.78 is 1.98. The molecule has 2 N–H and O–H groups in total. The van der Waals surface area contributed by atoms with E-state index in [4.69, 9.17) is 10.2 Å². The molecule has 30 heavy (non-hydrogen) atoms. The summed E-state index contributed by atoms with van der Waals surface area (Å²) in [7, 11) is 4.06. The lowest BCUT2D eigenvalue weighted by atomic mass is 9.87. The monoisotopic (exact) mass is 403 g/mol. The second-order valence-corrected chi connectivity index (χ2v) is 7.51. The fraction of sp³-hybridized carbons (Fsp3) is 0.348. The van der Waals surface area contributed by atoms with Crippen molar-refractivity contribution in [1.82, 2.24) is 19.7 Å². The zero-order valence-corrected chi connectivity index (χ0v) is 17.3. The quantitative estimate of drug-likeness (QED) is 0.364. The highest BCUT2D eigenvalue weighted by molar-refractivity contribution is 6.27. The van der Waals surface area contributed by atoms with Crippen LogP contribution in [0.2, 0.25) is 0 Å². The molecule has 3 aromatic rings. The average Bonchev–Trinajstić information content (AvgIpc) is 3.12. The number of pyridine rings is 1. The number of anilines is 1. The molecule has 7 nitrogen and oxygen atoms in total. The molecule has 1 aromatic carbocycles. The van der Waals surface area contributed by atoms with Gasteiger partial charge in [-0.1, -0.05) is 0 Å². The lowest BCUT2D eigenvalue weighted by Gasteiger charge is -2.18. The van der Waals surface area contributed by atoms with Gasteiger partial charge in [0, 0.05) is 60.5 Å². The summed E-state index contributed by atoms with van der Waals surface area (Å²) in [4.78, 5) is 19.7. The molecule has 0 fully saturated rings. The number of aromatic nitrogens is 3. The first-order valence-electron chi connectivity index (χ1n) is 10.1. The molecule has 0 radical (unpaired) electrons. The number of benzene rings is 1. The van der Waals surface area contributed by atoms with Crippen LogP contribution >= 0.6 is 0 Å². The molecule has 1 aliphatic rings. The van der Waals surface area contributed by atoms with Gasteiger partial charge in [0.1, 0.15) is 5.69 Å². The topological polar surface area (TPSA) is 83.3 Å². The number of carbonyl (C=O) groups excluding carboxylic acids is 1. The van der Waals surface area contributed by atoms with Crippen LogP contribution in [0.15, 0.2) is 30.6 Å². The molecule has 0 amide bonds. The molecule has 0 bridgehead atoms.